The normalized spacial score (nSPS) is 14.8. The second-order valence-electron chi connectivity index (χ2n) is 4.70. The van der Waals surface area contributed by atoms with Gasteiger partial charge in [0, 0.05) is 31.7 Å². The van der Waals surface area contributed by atoms with Gasteiger partial charge in [0.2, 0.25) is 5.91 Å². The Morgan fingerprint density at radius 2 is 2.14 bits per heavy atom. The van der Waals surface area contributed by atoms with E-state index in [4.69, 9.17) is 22.7 Å². The molecular formula is C14H18FN3O2S. The van der Waals surface area contributed by atoms with Crippen LogP contribution < -0.4 is 11.1 Å². The molecule has 0 atom stereocenters. The molecule has 0 aliphatic carbocycles. The molecule has 21 heavy (non-hydrogen) atoms. The Morgan fingerprint density at radius 3 is 2.81 bits per heavy atom. The van der Waals surface area contributed by atoms with Crippen LogP contribution in [0.4, 0.5) is 10.1 Å². The second kappa shape index (κ2) is 7.33. The van der Waals surface area contributed by atoms with E-state index in [1.54, 1.807) is 17.0 Å². The van der Waals surface area contributed by atoms with Gasteiger partial charge in [-0.15, -0.1) is 0 Å². The molecule has 0 spiro atoms. The first-order chi connectivity index (χ1) is 10.1. The number of carbonyl (C=O) groups is 1. The van der Waals surface area contributed by atoms with Gasteiger partial charge in [0.05, 0.1) is 18.8 Å². The van der Waals surface area contributed by atoms with E-state index in [1.165, 1.54) is 6.07 Å². The maximum atomic E-state index is 13.7. The van der Waals surface area contributed by atoms with Gasteiger partial charge in [-0.05, 0) is 12.1 Å². The summed E-state index contributed by atoms with van der Waals surface area (Å²) in [7, 11) is 0. The number of benzene rings is 1. The number of hydrogen-bond acceptors (Lipinski definition) is 4. The van der Waals surface area contributed by atoms with Gasteiger partial charge in [0.25, 0.3) is 0 Å². The van der Waals surface area contributed by atoms with Crippen LogP contribution in [0.5, 0.6) is 0 Å². The number of thiocarbonyl (C=S) groups is 1. The fourth-order valence-corrected chi connectivity index (χ4v) is 2.40. The van der Waals surface area contributed by atoms with E-state index >= 15 is 0 Å². The van der Waals surface area contributed by atoms with E-state index in [1.807, 2.05) is 0 Å². The molecule has 3 N–H and O–H groups in total. The number of nitrogens with zero attached hydrogens (tertiary/aromatic N) is 1. The van der Waals surface area contributed by atoms with Crippen molar-refractivity contribution in [3.63, 3.8) is 0 Å². The van der Waals surface area contributed by atoms with Gasteiger partial charge in [-0.3, -0.25) is 4.79 Å². The first-order valence-electron chi connectivity index (χ1n) is 6.77. The summed E-state index contributed by atoms with van der Waals surface area (Å²) in [6.45, 7) is 2.80. The maximum Gasteiger partial charge on any atom is 0.224 e. The summed E-state index contributed by atoms with van der Waals surface area (Å²) >= 11 is 4.85. The predicted octanol–water partition coefficient (Wildman–Crippen LogP) is 1.12. The molecular weight excluding hydrogens is 293 g/mol. The van der Waals surface area contributed by atoms with E-state index < -0.39 is 5.82 Å². The molecule has 1 saturated heterocycles. The van der Waals surface area contributed by atoms with Crippen LogP contribution in [0.1, 0.15) is 12.0 Å². The summed E-state index contributed by atoms with van der Waals surface area (Å²) in [4.78, 5) is 13.7. The third-order valence-corrected chi connectivity index (χ3v) is 3.48. The number of nitrogens with two attached hydrogens (primary N) is 1. The molecule has 0 saturated carbocycles. The number of morpholine rings is 1. The maximum absolute atomic E-state index is 13.7. The van der Waals surface area contributed by atoms with Crippen molar-refractivity contribution < 1.29 is 13.9 Å². The smallest absolute Gasteiger partial charge is 0.224 e. The highest BCUT2D eigenvalue weighted by Crippen LogP contribution is 2.18. The van der Waals surface area contributed by atoms with E-state index in [0.717, 1.165) is 0 Å². The van der Waals surface area contributed by atoms with Crippen molar-refractivity contribution in [2.24, 2.45) is 5.73 Å². The molecule has 1 heterocycles. The van der Waals surface area contributed by atoms with Crippen molar-refractivity contribution in [3.8, 4) is 0 Å². The van der Waals surface area contributed by atoms with Gasteiger partial charge < -0.3 is 20.7 Å². The van der Waals surface area contributed by atoms with Crippen LogP contribution in [0.3, 0.4) is 0 Å². The Labute approximate surface area is 128 Å². The summed E-state index contributed by atoms with van der Waals surface area (Å²) in [5, 5.41) is 3.02. The predicted molar refractivity (Wildman–Crippen MR) is 82.8 cm³/mol. The number of carbonyl (C=O) groups excluding carboxylic acids is 1. The van der Waals surface area contributed by atoms with Gasteiger partial charge in [-0.2, -0.15) is 0 Å². The average Bonchev–Trinajstić information content (AvgIpc) is 2.47. The molecule has 1 aromatic rings. The topological polar surface area (TPSA) is 67.6 Å². The lowest BCUT2D eigenvalue weighted by Gasteiger charge is -2.27. The molecule has 0 bridgehead atoms. The molecule has 0 radical (unpaired) electrons. The average molecular weight is 311 g/mol. The third-order valence-electron chi connectivity index (χ3n) is 3.28. The van der Waals surface area contributed by atoms with Gasteiger partial charge in [0.1, 0.15) is 10.8 Å². The number of ether oxygens (including phenoxy) is 1. The molecule has 1 fully saturated rings. The molecule has 1 aliphatic rings. The van der Waals surface area contributed by atoms with Crippen molar-refractivity contribution in [1.82, 2.24) is 4.90 Å². The minimum atomic E-state index is -0.466. The molecule has 0 unspecified atom stereocenters. The standard InChI is InChI=1S/C14H18FN3O2S/c15-10-2-1-3-11(13(10)14(16)21)17-5-4-12(19)18-6-8-20-9-7-18/h1-3,17H,4-9H2,(H2,16,21). The van der Waals surface area contributed by atoms with Gasteiger partial charge in [-0.25, -0.2) is 4.39 Å². The highest BCUT2D eigenvalue weighted by molar-refractivity contribution is 7.80. The van der Waals surface area contributed by atoms with Crippen molar-refractivity contribution >= 4 is 28.8 Å². The molecule has 1 aliphatic heterocycles. The van der Waals surface area contributed by atoms with Crippen LogP contribution in [0.25, 0.3) is 0 Å². The van der Waals surface area contributed by atoms with Crippen LogP contribution in [0.15, 0.2) is 18.2 Å². The Morgan fingerprint density at radius 1 is 1.43 bits per heavy atom. The van der Waals surface area contributed by atoms with Crippen molar-refractivity contribution in [1.29, 1.82) is 0 Å². The van der Waals surface area contributed by atoms with Crippen molar-refractivity contribution in [3.05, 3.63) is 29.6 Å². The number of halogens is 1. The largest absolute Gasteiger partial charge is 0.389 e. The first kappa shape index (κ1) is 15.7. The molecule has 114 valence electrons. The zero-order valence-corrected chi connectivity index (χ0v) is 12.4. The molecule has 5 nitrogen and oxygen atoms in total. The van der Waals surface area contributed by atoms with Crippen LogP contribution in [-0.4, -0.2) is 48.6 Å². The van der Waals surface area contributed by atoms with Gasteiger partial charge in [-0.1, -0.05) is 18.3 Å². The summed E-state index contributed by atoms with van der Waals surface area (Å²) in [6.07, 6.45) is 0.327. The Kier molecular flexibility index (Phi) is 5.46. The Balaban J connectivity index is 1.90. The molecule has 0 aromatic heterocycles. The zero-order chi connectivity index (χ0) is 15.2. The summed E-state index contributed by atoms with van der Waals surface area (Å²) < 4.78 is 18.9. The van der Waals surface area contributed by atoms with E-state index in [2.05, 4.69) is 5.32 Å². The zero-order valence-electron chi connectivity index (χ0n) is 11.6. The Hall–Kier alpha value is -1.73. The highest BCUT2D eigenvalue weighted by atomic mass is 32.1. The van der Waals surface area contributed by atoms with E-state index in [9.17, 15) is 9.18 Å². The van der Waals surface area contributed by atoms with Crippen molar-refractivity contribution in [2.45, 2.75) is 6.42 Å². The van der Waals surface area contributed by atoms with Crippen LogP contribution >= 0.6 is 12.2 Å². The number of hydrogen-bond donors (Lipinski definition) is 2. The van der Waals surface area contributed by atoms with Crippen LogP contribution in [-0.2, 0) is 9.53 Å². The lowest BCUT2D eigenvalue weighted by atomic mass is 10.1. The number of nitrogens with one attached hydrogen (secondary N) is 1. The molecule has 7 heteroatoms. The summed E-state index contributed by atoms with van der Waals surface area (Å²) in [6, 6.07) is 4.57. The fraction of sp³-hybridized carbons (Fsp3) is 0.429. The van der Waals surface area contributed by atoms with E-state index in [0.29, 0.717) is 45.0 Å². The number of rotatable bonds is 5. The number of amides is 1. The van der Waals surface area contributed by atoms with Gasteiger partial charge in [0.15, 0.2) is 0 Å². The highest BCUT2D eigenvalue weighted by Gasteiger charge is 2.16. The minimum absolute atomic E-state index is 0.00453. The van der Waals surface area contributed by atoms with Crippen LogP contribution in [0.2, 0.25) is 0 Å². The second-order valence-corrected chi connectivity index (χ2v) is 5.14. The SMILES string of the molecule is NC(=S)c1c(F)cccc1NCCC(=O)N1CCOCC1. The first-order valence-corrected chi connectivity index (χ1v) is 7.18. The van der Waals surface area contributed by atoms with Crippen LogP contribution in [0, 0.1) is 5.82 Å². The summed E-state index contributed by atoms with van der Waals surface area (Å²) in [5.74, 6) is -0.411. The minimum Gasteiger partial charge on any atom is -0.389 e. The van der Waals surface area contributed by atoms with Crippen molar-refractivity contribution in [2.75, 3.05) is 38.2 Å². The summed E-state index contributed by atoms with van der Waals surface area (Å²) in [5.41, 5.74) is 6.22. The Bertz CT molecular complexity index is 533. The lowest BCUT2D eigenvalue weighted by Crippen LogP contribution is -2.41. The number of anilines is 1. The fourth-order valence-electron chi connectivity index (χ4n) is 2.20. The molecule has 1 aromatic carbocycles. The quantitative estimate of drug-likeness (QED) is 0.798. The lowest BCUT2D eigenvalue weighted by molar-refractivity contribution is -0.134. The van der Waals surface area contributed by atoms with Gasteiger partial charge >= 0.3 is 0 Å². The van der Waals surface area contributed by atoms with E-state index in [-0.39, 0.29) is 16.5 Å². The molecule has 1 amide bonds. The monoisotopic (exact) mass is 311 g/mol. The molecule has 2 rings (SSSR count). The third kappa shape index (κ3) is 4.12.